The predicted octanol–water partition coefficient (Wildman–Crippen LogP) is 4.12. The third kappa shape index (κ3) is 9.11. The number of methoxy groups -OCH3 is 1. The van der Waals surface area contributed by atoms with Gasteiger partial charge in [0.05, 0.1) is 27.5 Å². The highest BCUT2D eigenvalue weighted by Crippen LogP contribution is 2.33. The lowest BCUT2D eigenvalue weighted by molar-refractivity contribution is -0.118. The van der Waals surface area contributed by atoms with E-state index in [1.54, 1.807) is 24.3 Å². The second kappa shape index (κ2) is 16.8. The Hall–Kier alpha value is -5.01. The third-order valence-corrected chi connectivity index (χ3v) is 14.6. The highest BCUT2D eigenvalue weighted by Gasteiger charge is 2.31. The number of carbonyl (C=O) groups excluding carboxylic acids is 2. The van der Waals surface area contributed by atoms with E-state index in [1.165, 1.54) is 88.5 Å². The summed E-state index contributed by atoms with van der Waals surface area (Å²) < 4.78 is 95.1. The molecule has 2 amide bonds. The highest BCUT2D eigenvalue weighted by molar-refractivity contribution is 7.93. The van der Waals surface area contributed by atoms with E-state index >= 15 is 0 Å². The second-order valence-corrected chi connectivity index (χ2v) is 18.6. The number of hydrogen-bond acceptors (Lipinski definition) is 10. The monoisotopic (exact) mass is 811 g/mol. The van der Waals surface area contributed by atoms with E-state index < -0.39 is 55.0 Å². The Morgan fingerprint density at radius 3 is 1.67 bits per heavy atom. The maximum Gasteiger partial charge on any atom is 0.264 e. The first-order valence-corrected chi connectivity index (χ1v) is 21.8. The number of benzene rings is 4. The smallest absolute Gasteiger partial charge is 0.264 e. The zero-order valence-electron chi connectivity index (χ0n) is 30.0. The molecule has 2 fully saturated rings. The highest BCUT2D eigenvalue weighted by atomic mass is 32.2. The van der Waals surface area contributed by atoms with Crippen molar-refractivity contribution in [2.45, 2.75) is 40.4 Å². The maximum absolute atomic E-state index is 14.1. The fraction of sp³-hybridized carbons (Fsp3) is 0.297. The Kier molecular flexibility index (Phi) is 12.1. The Bertz CT molecular complexity index is 2360. The van der Waals surface area contributed by atoms with Crippen molar-refractivity contribution in [2.24, 2.45) is 0 Å². The summed E-state index contributed by atoms with van der Waals surface area (Å²) in [6.07, 6.45) is 3.12. The van der Waals surface area contributed by atoms with Crippen LogP contribution in [0.3, 0.4) is 0 Å². The molecule has 2 aliphatic rings. The lowest BCUT2D eigenvalue weighted by Crippen LogP contribution is -2.38. The van der Waals surface area contributed by atoms with Gasteiger partial charge in [0.1, 0.15) is 18.0 Å². The van der Waals surface area contributed by atoms with Gasteiger partial charge in [-0.05, 0) is 98.5 Å². The van der Waals surface area contributed by atoms with E-state index in [0.717, 1.165) is 30.0 Å². The van der Waals surface area contributed by atoms with Crippen LogP contribution in [-0.4, -0.2) is 92.1 Å². The van der Waals surface area contributed by atoms with Gasteiger partial charge < -0.3 is 20.1 Å². The standard InChI is InChI=1S/C37H41N5O10S3/c1-51-35-15-3-2-14-34(35)42(26-36(43)38-28-10-8-12-32(24-28)53(45,46)40-20-4-5-21-40)55(49,50)31-18-16-30(17-19-31)52-27-37(44)39-29-11-9-13-33(25-29)54(47,48)41-22-6-7-23-41/h2-3,8-19,24-25H,4-7,20-23,26-27H2,1H3,(H,38,43)(H,39,44). The van der Waals surface area contributed by atoms with Crippen LogP contribution in [0.25, 0.3) is 0 Å². The van der Waals surface area contributed by atoms with Crippen LogP contribution in [0.5, 0.6) is 11.5 Å². The Balaban J connectivity index is 1.14. The van der Waals surface area contributed by atoms with Crippen molar-refractivity contribution in [3.63, 3.8) is 0 Å². The first kappa shape index (κ1) is 39.7. The molecule has 2 aliphatic heterocycles. The fourth-order valence-corrected chi connectivity index (χ4v) is 10.8. The molecule has 0 atom stereocenters. The molecule has 18 heteroatoms. The first-order chi connectivity index (χ1) is 26.3. The van der Waals surface area contributed by atoms with Crippen LogP contribution in [-0.2, 0) is 39.7 Å². The van der Waals surface area contributed by atoms with Crippen LogP contribution in [0.2, 0.25) is 0 Å². The normalized spacial score (nSPS) is 15.4. The van der Waals surface area contributed by atoms with Gasteiger partial charge >= 0.3 is 0 Å². The van der Waals surface area contributed by atoms with Gasteiger partial charge in [-0.3, -0.25) is 13.9 Å². The molecule has 55 heavy (non-hydrogen) atoms. The number of anilines is 3. The maximum atomic E-state index is 14.1. The number of ether oxygens (including phenoxy) is 2. The van der Waals surface area contributed by atoms with Gasteiger partial charge in [0.15, 0.2) is 6.61 Å². The lowest BCUT2D eigenvalue weighted by Gasteiger charge is -2.25. The van der Waals surface area contributed by atoms with Crippen molar-refractivity contribution in [2.75, 3.05) is 61.4 Å². The van der Waals surface area contributed by atoms with Crippen molar-refractivity contribution < 1.29 is 44.3 Å². The van der Waals surface area contributed by atoms with Crippen molar-refractivity contribution in [3.05, 3.63) is 97.1 Å². The molecule has 0 radical (unpaired) electrons. The SMILES string of the molecule is COc1ccccc1N(CC(=O)Nc1cccc(S(=O)(=O)N2CCCC2)c1)S(=O)(=O)c1ccc(OCC(=O)Nc2cccc(S(=O)(=O)N3CCCC3)c2)cc1. The molecule has 0 aromatic heterocycles. The third-order valence-electron chi connectivity index (χ3n) is 9.06. The van der Waals surface area contributed by atoms with Gasteiger partial charge in [-0.25, -0.2) is 25.3 Å². The second-order valence-electron chi connectivity index (χ2n) is 12.8. The fourth-order valence-electron chi connectivity index (χ4n) is 6.27. The van der Waals surface area contributed by atoms with Crippen LogP contribution < -0.4 is 24.4 Å². The molecule has 2 N–H and O–H groups in total. The molecule has 0 unspecified atom stereocenters. The van der Waals surface area contributed by atoms with Gasteiger partial charge in [-0.1, -0.05) is 24.3 Å². The number of nitrogens with zero attached hydrogens (tertiary/aromatic N) is 3. The number of para-hydroxylation sites is 2. The van der Waals surface area contributed by atoms with Gasteiger partial charge in [0, 0.05) is 37.6 Å². The predicted molar refractivity (Wildman–Crippen MR) is 206 cm³/mol. The molecule has 2 saturated heterocycles. The summed E-state index contributed by atoms with van der Waals surface area (Å²) in [5.41, 5.74) is 0.531. The molecule has 0 spiro atoms. The molecule has 292 valence electrons. The minimum Gasteiger partial charge on any atom is -0.495 e. The molecule has 6 rings (SSSR count). The zero-order chi connectivity index (χ0) is 39.2. The number of hydrogen-bond donors (Lipinski definition) is 2. The molecule has 2 heterocycles. The first-order valence-electron chi connectivity index (χ1n) is 17.5. The molecule has 4 aromatic rings. The zero-order valence-corrected chi connectivity index (χ0v) is 32.4. The number of rotatable bonds is 15. The number of amides is 2. The van der Waals surface area contributed by atoms with Gasteiger partial charge in [0.2, 0.25) is 26.0 Å². The van der Waals surface area contributed by atoms with Crippen LogP contribution in [0, 0.1) is 0 Å². The summed E-state index contributed by atoms with van der Waals surface area (Å²) >= 11 is 0. The molecule has 0 saturated carbocycles. The number of carbonyl (C=O) groups is 2. The summed E-state index contributed by atoms with van der Waals surface area (Å²) in [6, 6.07) is 23.3. The van der Waals surface area contributed by atoms with Crippen molar-refractivity contribution >= 4 is 58.9 Å². The van der Waals surface area contributed by atoms with Gasteiger partial charge in [0.25, 0.3) is 15.9 Å². The quantitative estimate of drug-likeness (QED) is 0.177. The molecule has 0 aliphatic carbocycles. The summed E-state index contributed by atoms with van der Waals surface area (Å²) in [4.78, 5) is 26.0. The summed E-state index contributed by atoms with van der Waals surface area (Å²) in [6.45, 7) is 0.581. The molecule has 4 aromatic carbocycles. The average molecular weight is 812 g/mol. The van der Waals surface area contributed by atoms with E-state index in [0.29, 0.717) is 26.2 Å². The average Bonchev–Trinajstić information content (AvgIpc) is 3.94. The largest absolute Gasteiger partial charge is 0.495 e. The summed E-state index contributed by atoms with van der Waals surface area (Å²) in [5, 5.41) is 5.25. The Labute approximate surface area is 321 Å². The number of nitrogens with one attached hydrogen (secondary N) is 2. The van der Waals surface area contributed by atoms with Crippen LogP contribution in [0.15, 0.2) is 112 Å². The summed E-state index contributed by atoms with van der Waals surface area (Å²) in [5.74, 6) is -0.956. The van der Waals surface area contributed by atoms with E-state index in [2.05, 4.69) is 10.6 Å². The van der Waals surface area contributed by atoms with Gasteiger partial charge in [-0.15, -0.1) is 0 Å². The van der Waals surface area contributed by atoms with Gasteiger partial charge in [-0.2, -0.15) is 8.61 Å². The minimum absolute atomic E-state index is 0.0127. The number of sulfonamides is 3. The summed E-state index contributed by atoms with van der Waals surface area (Å²) in [7, 11) is -10.5. The molecule has 0 bridgehead atoms. The van der Waals surface area contributed by atoms with Crippen molar-refractivity contribution in [1.29, 1.82) is 0 Å². The van der Waals surface area contributed by atoms with Crippen LogP contribution in [0.4, 0.5) is 17.1 Å². The molecular formula is C37H41N5O10S3. The van der Waals surface area contributed by atoms with E-state index in [1.807, 2.05) is 0 Å². The van der Waals surface area contributed by atoms with E-state index in [4.69, 9.17) is 9.47 Å². The van der Waals surface area contributed by atoms with Crippen LogP contribution in [0.1, 0.15) is 25.7 Å². The van der Waals surface area contributed by atoms with E-state index in [9.17, 15) is 34.8 Å². The van der Waals surface area contributed by atoms with Crippen molar-refractivity contribution in [3.8, 4) is 11.5 Å². The minimum atomic E-state index is -4.43. The van der Waals surface area contributed by atoms with E-state index in [-0.39, 0.29) is 43.2 Å². The van der Waals surface area contributed by atoms with Crippen molar-refractivity contribution in [1.82, 2.24) is 8.61 Å². The molecule has 15 nitrogen and oxygen atoms in total. The Morgan fingerprint density at radius 1 is 0.636 bits per heavy atom. The topological polar surface area (TPSA) is 189 Å². The molecular weight excluding hydrogens is 771 g/mol. The lowest BCUT2D eigenvalue weighted by atomic mass is 10.3. The van der Waals surface area contributed by atoms with Crippen LogP contribution >= 0.6 is 0 Å². The Morgan fingerprint density at radius 2 is 1.15 bits per heavy atom.